The number of anilines is 1. The molecule has 2 nitrogen and oxygen atoms in total. The fraction of sp³-hybridized carbons (Fsp3) is 0.455. The standard InChI is InChI=1S/C11H11F6NO/c12-10(13,14)4-1-5-19-9-3-2-7(6-8(9)18)11(15,16)17/h2-3,6H,1,4-5,18H2. The van der Waals surface area contributed by atoms with Crippen LogP contribution in [-0.2, 0) is 6.18 Å². The molecule has 0 fully saturated rings. The minimum atomic E-state index is -4.52. The lowest BCUT2D eigenvalue weighted by Gasteiger charge is -2.12. The van der Waals surface area contributed by atoms with Crippen molar-refractivity contribution in [1.82, 2.24) is 0 Å². The molecule has 0 saturated heterocycles. The molecule has 0 atom stereocenters. The van der Waals surface area contributed by atoms with Gasteiger partial charge in [-0.3, -0.25) is 0 Å². The van der Waals surface area contributed by atoms with Crippen LogP contribution in [0.1, 0.15) is 18.4 Å². The van der Waals surface area contributed by atoms with Crippen molar-refractivity contribution in [2.45, 2.75) is 25.2 Å². The molecule has 19 heavy (non-hydrogen) atoms. The quantitative estimate of drug-likeness (QED) is 0.516. The molecule has 0 spiro atoms. The molecule has 0 heterocycles. The van der Waals surface area contributed by atoms with Gasteiger partial charge in [0.2, 0.25) is 0 Å². The Hall–Kier alpha value is -1.60. The maximum Gasteiger partial charge on any atom is 0.416 e. The van der Waals surface area contributed by atoms with Gasteiger partial charge in [-0.2, -0.15) is 26.3 Å². The van der Waals surface area contributed by atoms with Crippen molar-refractivity contribution in [3.05, 3.63) is 23.8 Å². The molecule has 0 aromatic heterocycles. The second kappa shape index (κ2) is 5.58. The summed E-state index contributed by atoms with van der Waals surface area (Å²) in [6.07, 6.45) is -10.1. The molecule has 1 aromatic rings. The largest absolute Gasteiger partial charge is 0.491 e. The average Bonchev–Trinajstić information content (AvgIpc) is 2.23. The Morgan fingerprint density at radius 1 is 1.05 bits per heavy atom. The first kappa shape index (κ1) is 15.5. The van der Waals surface area contributed by atoms with E-state index in [-0.39, 0.29) is 24.5 Å². The Bertz CT molecular complexity index is 426. The van der Waals surface area contributed by atoms with Crippen molar-refractivity contribution in [3.8, 4) is 5.75 Å². The van der Waals surface area contributed by atoms with Gasteiger partial charge >= 0.3 is 12.4 Å². The Morgan fingerprint density at radius 3 is 2.16 bits per heavy atom. The number of benzene rings is 1. The summed E-state index contributed by atoms with van der Waals surface area (Å²) in [7, 11) is 0. The normalized spacial score (nSPS) is 12.5. The van der Waals surface area contributed by atoms with Crippen molar-refractivity contribution in [2.24, 2.45) is 0 Å². The highest BCUT2D eigenvalue weighted by Crippen LogP contribution is 2.33. The van der Waals surface area contributed by atoms with Gasteiger partial charge in [-0.05, 0) is 24.6 Å². The lowest BCUT2D eigenvalue weighted by molar-refractivity contribution is -0.138. The molecular weight excluding hydrogens is 276 g/mol. The molecule has 0 bridgehead atoms. The first-order valence-corrected chi connectivity index (χ1v) is 5.26. The number of nitrogens with two attached hydrogens (primary N) is 1. The molecule has 0 amide bonds. The van der Waals surface area contributed by atoms with E-state index in [0.29, 0.717) is 6.07 Å². The monoisotopic (exact) mass is 287 g/mol. The van der Waals surface area contributed by atoms with Gasteiger partial charge in [0.15, 0.2) is 0 Å². The average molecular weight is 287 g/mol. The van der Waals surface area contributed by atoms with Crippen LogP contribution in [0.15, 0.2) is 18.2 Å². The van der Waals surface area contributed by atoms with Crippen molar-refractivity contribution in [3.63, 3.8) is 0 Å². The molecule has 2 N–H and O–H groups in total. The maximum atomic E-state index is 12.3. The summed E-state index contributed by atoms with van der Waals surface area (Å²) < 4.78 is 77.4. The van der Waals surface area contributed by atoms with Crippen LogP contribution in [0.5, 0.6) is 5.75 Å². The number of halogens is 6. The van der Waals surface area contributed by atoms with Gasteiger partial charge in [-0.15, -0.1) is 0 Å². The second-order valence-electron chi connectivity index (χ2n) is 3.82. The Kier molecular flexibility index (Phi) is 4.54. The predicted octanol–water partition coefficient (Wildman–Crippen LogP) is 4.01. The number of ether oxygens (including phenoxy) is 1. The fourth-order valence-corrected chi connectivity index (χ4v) is 1.31. The molecule has 1 rings (SSSR count). The van der Waals surface area contributed by atoms with Gasteiger partial charge in [-0.1, -0.05) is 0 Å². The minimum absolute atomic E-state index is 0.0600. The van der Waals surface area contributed by atoms with Crippen LogP contribution >= 0.6 is 0 Å². The molecule has 0 radical (unpaired) electrons. The van der Waals surface area contributed by atoms with Crippen LogP contribution in [0.25, 0.3) is 0 Å². The van der Waals surface area contributed by atoms with E-state index in [1.165, 1.54) is 0 Å². The van der Waals surface area contributed by atoms with Crippen LogP contribution in [-0.4, -0.2) is 12.8 Å². The third kappa shape index (κ3) is 5.27. The first-order chi connectivity index (χ1) is 8.59. The molecule has 0 saturated carbocycles. The Labute approximate surface area is 105 Å². The second-order valence-corrected chi connectivity index (χ2v) is 3.82. The lowest BCUT2D eigenvalue weighted by Crippen LogP contribution is -2.10. The van der Waals surface area contributed by atoms with E-state index >= 15 is 0 Å². The van der Waals surface area contributed by atoms with Crippen molar-refractivity contribution in [2.75, 3.05) is 12.3 Å². The zero-order valence-corrected chi connectivity index (χ0v) is 9.61. The third-order valence-electron chi connectivity index (χ3n) is 2.20. The summed E-state index contributed by atoms with van der Waals surface area (Å²) in [4.78, 5) is 0. The molecule has 108 valence electrons. The number of hydrogen-bond acceptors (Lipinski definition) is 2. The van der Waals surface area contributed by atoms with E-state index in [9.17, 15) is 26.3 Å². The lowest BCUT2D eigenvalue weighted by atomic mass is 10.2. The maximum absolute atomic E-state index is 12.3. The number of alkyl halides is 6. The van der Waals surface area contributed by atoms with Crippen molar-refractivity contribution >= 4 is 5.69 Å². The third-order valence-corrected chi connectivity index (χ3v) is 2.20. The van der Waals surface area contributed by atoms with Crippen LogP contribution in [0.3, 0.4) is 0 Å². The first-order valence-electron chi connectivity index (χ1n) is 5.26. The molecule has 0 unspecified atom stereocenters. The Morgan fingerprint density at radius 2 is 1.68 bits per heavy atom. The van der Waals surface area contributed by atoms with Gasteiger partial charge in [0.05, 0.1) is 17.9 Å². The van der Waals surface area contributed by atoms with E-state index in [1.54, 1.807) is 0 Å². The molecule has 0 aliphatic rings. The van der Waals surface area contributed by atoms with Crippen molar-refractivity contribution in [1.29, 1.82) is 0 Å². The zero-order chi connectivity index (χ0) is 14.7. The number of hydrogen-bond donors (Lipinski definition) is 1. The van der Waals surface area contributed by atoms with Crippen LogP contribution < -0.4 is 10.5 Å². The van der Waals surface area contributed by atoms with E-state index in [0.717, 1.165) is 12.1 Å². The molecule has 1 aromatic carbocycles. The van der Waals surface area contributed by atoms with Gasteiger partial charge in [0.25, 0.3) is 0 Å². The number of rotatable bonds is 4. The fourth-order valence-electron chi connectivity index (χ4n) is 1.31. The molecule has 0 aliphatic carbocycles. The smallest absolute Gasteiger partial charge is 0.416 e. The van der Waals surface area contributed by atoms with Crippen LogP contribution in [0, 0.1) is 0 Å². The highest BCUT2D eigenvalue weighted by atomic mass is 19.4. The molecule has 8 heteroatoms. The van der Waals surface area contributed by atoms with Gasteiger partial charge in [0.1, 0.15) is 5.75 Å². The summed E-state index contributed by atoms with van der Waals surface area (Å²) in [5.41, 5.74) is 4.14. The topological polar surface area (TPSA) is 35.2 Å². The predicted molar refractivity (Wildman–Crippen MR) is 56.6 cm³/mol. The van der Waals surface area contributed by atoms with Crippen LogP contribution in [0.4, 0.5) is 32.0 Å². The summed E-state index contributed by atoms with van der Waals surface area (Å²) in [5, 5.41) is 0. The Balaban J connectivity index is 2.57. The highest BCUT2D eigenvalue weighted by Gasteiger charge is 2.31. The minimum Gasteiger partial charge on any atom is -0.491 e. The summed E-state index contributed by atoms with van der Waals surface area (Å²) >= 11 is 0. The van der Waals surface area contributed by atoms with E-state index < -0.39 is 24.3 Å². The molecular formula is C11H11F6NO. The van der Waals surface area contributed by atoms with Gasteiger partial charge < -0.3 is 10.5 Å². The SMILES string of the molecule is Nc1cc(C(F)(F)F)ccc1OCCCC(F)(F)F. The zero-order valence-electron chi connectivity index (χ0n) is 9.61. The summed E-state index contributed by atoms with van der Waals surface area (Å²) in [5.74, 6) is -0.0600. The van der Waals surface area contributed by atoms with Crippen molar-refractivity contribution < 1.29 is 31.1 Å². The van der Waals surface area contributed by atoms with E-state index in [2.05, 4.69) is 0 Å². The van der Waals surface area contributed by atoms with Gasteiger partial charge in [-0.25, -0.2) is 0 Å². The van der Waals surface area contributed by atoms with Gasteiger partial charge in [0, 0.05) is 6.42 Å². The highest BCUT2D eigenvalue weighted by molar-refractivity contribution is 5.54. The summed E-state index contributed by atoms with van der Waals surface area (Å²) in [6, 6.07) is 2.43. The van der Waals surface area contributed by atoms with E-state index in [4.69, 9.17) is 10.5 Å². The van der Waals surface area contributed by atoms with E-state index in [1.807, 2.05) is 0 Å². The van der Waals surface area contributed by atoms with Crippen LogP contribution in [0.2, 0.25) is 0 Å². The number of nitrogen functional groups attached to an aromatic ring is 1. The molecule has 0 aliphatic heterocycles. The summed E-state index contributed by atoms with van der Waals surface area (Å²) in [6.45, 7) is -0.269.